The first-order chi connectivity index (χ1) is 12.5. The lowest BCUT2D eigenvalue weighted by molar-refractivity contribution is 0.213. The highest BCUT2D eigenvalue weighted by Gasteiger charge is 2.38. The Hall–Kier alpha value is -1.32. The second-order valence-corrected chi connectivity index (χ2v) is 10.6. The van der Waals surface area contributed by atoms with Gasteiger partial charge >= 0.3 is 0 Å². The van der Waals surface area contributed by atoms with Crippen molar-refractivity contribution in [3.05, 3.63) is 30.6 Å². The molecule has 2 rings (SSSR count). The average Bonchev–Trinajstić information content (AvgIpc) is 2.85. The summed E-state index contributed by atoms with van der Waals surface area (Å²) in [4.78, 5) is 6.57. The van der Waals surface area contributed by atoms with Crippen LogP contribution in [0, 0.1) is 5.92 Å². The van der Waals surface area contributed by atoms with E-state index in [0.717, 1.165) is 38.2 Å². The van der Waals surface area contributed by atoms with Crippen LogP contribution in [-0.4, -0.2) is 41.9 Å². The van der Waals surface area contributed by atoms with Crippen molar-refractivity contribution in [3.8, 4) is 0 Å². The maximum atomic E-state index is 11.4. The molecule has 0 bridgehead atoms. The summed E-state index contributed by atoms with van der Waals surface area (Å²) in [5.41, 5.74) is 0.0788. The molecule has 0 amide bonds. The molecule has 9 heteroatoms. The number of halogens is 1. The van der Waals surface area contributed by atoms with Crippen LogP contribution in [-0.2, 0) is 10.0 Å². The van der Waals surface area contributed by atoms with E-state index in [-0.39, 0.29) is 15.5 Å². The van der Waals surface area contributed by atoms with E-state index in [1.807, 2.05) is 6.92 Å². The molecule has 152 valence electrons. The second-order valence-electron chi connectivity index (χ2n) is 7.68. The number of aromatic nitrogens is 1. The lowest BCUT2D eigenvalue weighted by Gasteiger charge is -2.35. The highest BCUT2D eigenvalue weighted by molar-refractivity contribution is 9.09. The summed E-state index contributed by atoms with van der Waals surface area (Å²) in [5, 5.41) is 11.5. The Labute approximate surface area is 171 Å². The highest BCUT2D eigenvalue weighted by Crippen LogP contribution is 2.36. The van der Waals surface area contributed by atoms with Crippen LogP contribution in [0.15, 0.2) is 35.6 Å². The van der Waals surface area contributed by atoms with E-state index >= 15 is 0 Å². The zero-order valence-electron chi connectivity index (χ0n) is 16.2. The molecule has 0 saturated carbocycles. The van der Waals surface area contributed by atoms with E-state index in [1.54, 1.807) is 12.1 Å². The highest BCUT2D eigenvalue weighted by atomic mass is 79.9. The van der Waals surface area contributed by atoms with Crippen molar-refractivity contribution in [3.63, 3.8) is 0 Å². The van der Waals surface area contributed by atoms with Crippen molar-refractivity contribution in [2.24, 2.45) is 11.1 Å². The summed E-state index contributed by atoms with van der Waals surface area (Å²) in [6.07, 6.45) is 3.17. The van der Waals surface area contributed by atoms with E-state index in [1.165, 1.54) is 6.07 Å². The Morgan fingerprint density at radius 2 is 2.22 bits per heavy atom. The maximum Gasteiger partial charge on any atom is 0.255 e. The van der Waals surface area contributed by atoms with Gasteiger partial charge in [0.25, 0.3) is 10.0 Å². The Kier molecular flexibility index (Phi) is 7.15. The number of sulfonamides is 1. The minimum absolute atomic E-state index is 0.0788. The summed E-state index contributed by atoms with van der Waals surface area (Å²) in [7, 11) is -3.78. The fraction of sp³-hybridized carbons (Fsp3) is 0.611. The van der Waals surface area contributed by atoms with Crippen LogP contribution in [0.1, 0.15) is 40.0 Å². The number of primary sulfonamides is 1. The normalized spacial score (nSPS) is 20.3. The SMILES string of the molecule is C=C(NC(C)Br)N1C[C@@H](CCCNc2cccc(S(N)(=O)=O)n2)CC1(C)C. The van der Waals surface area contributed by atoms with Crippen molar-refractivity contribution in [2.45, 2.75) is 55.5 Å². The standard InChI is InChI=1S/C18H30BrN5O2S/c1-13(19)22-14(2)24-12-15(11-18(24,3)4)7-6-10-21-16-8-5-9-17(23-16)27(20,25)26/h5,8-9,13,15,22H,2,6-7,10-12H2,1,3-4H3,(H,21,23)(H2,20,25,26)/t13?,15-/m0/s1. The van der Waals surface area contributed by atoms with Crippen molar-refractivity contribution >= 4 is 31.8 Å². The van der Waals surface area contributed by atoms with Gasteiger partial charge in [-0.2, -0.15) is 0 Å². The average molecular weight is 460 g/mol. The van der Waals surface area contributed by atoms with Gasteiger partial charge in [0.1, 0.15) is 5.82 Å². The molecule has 2 atom stereocenters. The topological polar surface area (TPSA) is 100 Å². The monoisotopic (exact) mass is 459 g/mol. The summed E-state index contributed by atoms with van der Waals surface area (Å²) in [5.74, 6) is 2.07. The lowest BCUT2D eigenvalue weighted by atomic mass is 9.93. The van der Waals surface area contributed by atoms with Crippen LogP contribution in [0.5, 0.6) is 0 Å². The molecule has 1 unspecified atom stereocenters. The van der Waals surface area contributed by atoms with Crippen molar-refractivity contribution in [2.75, 3.05) is 18.4 Å². The van der Waals surface area contributed by atoms with Gasteiger partial charge in [-0.3, -0.25) is 0 Å². The molecule has 1 saturated heterocycles. The fourth-order valence-corrected chi connectivity index (χ4v) is 4.40. The first-order valence-corrected chi connectivity index (χ1v) is 11.6. The molecule has 7 nitrogen and oxygen atoms in total. The fourth-order valence-electron chi connectivity index (χ4n) is 3.64. The third kappa shape index (κ3) is 6.36. The molecule has 0 spiro atoms. The van der Waals surface area contributed by atoms with Crippen LogP contribution in [0.25, 0.3) is 0 Å². The number of rotatable bonds is 9. The molecule has 1 aromatic rings. The van der Waals surface area contributed by atoms with Gasteiger partial charge in [-0.05, 0) is 58.1 Å². The number of pyridine rings is 1. The molecule has 1 aliphatic heterocycles. The van der Waals surface area contributed by atoms with Gasteiger partial charge in [0.15, 0.2) is 5.03 Å². The van der Waals surface area contributed by atoms with Crippen LogP contribution < -0.4 is 15.8 Å². The van der Waals surface area contributed by atoms with Crippen LogP contribution in [0.4, 0.5) is 5.82 Å². The Bertz CT molecular complexity index is 767. The zero-order valence-corrected chi connectivity index (χ0v) is 18.6. The van der Waals surface area contributed by atoms with E-state index in [0.29, 0.717) is 11.7 Å². The van der Waals surface area contributed by atoms with Gasteiger partial charge in [0.2, 0.25) is 0 Å². The van der Waals surface area contributed by atoms with Gasteiger partial charge in [0, 0.05) is 18.6 Å². The van der Waals surface area contributed by atoms with Crippen molar-refractivity contribution in [1.29, 1.82) is 0 Å². The molecule has 27 heavy (non-hydrogen) atoms. The first-order valence-electron chi connectivity index (χ1n) is 9.10. The molecular formula is C18H30BrN5O2S. The quantitative estimate of drug-likeness (QED) is 0.298. The van der Waals surface area contributed by atoms with Crippen LogP contribution in [0.2, 0.25) is 0 Å². The van der Waals surface area contributed by atoms with Gasteiger partial charge < -0.3 is 15.5 Å². The Morgan fingerprint density at radius 1 is 1.52 bits per heavy atom. The first kappa shape index (κ1) is 22.0. The molecule has 1 fully saturated rings. The minimum Gasteiger partial charge on any atom is -0.370 e. The van der Waals surface area contributed by atoms with Gasteiger partial charge in [-0.25, -0.2) is 18.5 Å². The molecule has 2 heterocycles. The van der Waals surface area contributed by atoms with E-state index in [9.17, 15) is 8.42 Å². The summed E-state index contributed by atoms with van der Waals surface area (Å²) in [6.45, 7) is 12.4. The number of anilines is 1. The van der Waals surface area contributed by atoms with Gasteiger partial charge in [0.05, 0.1) is 10.8 Å². The molecule has 1 aromatic heterocycles. The predicted molar refractivity (Wildman–Crippen MR) is 113 cm³/mol. The Balaban J connectivity index is 1.82. The number of nitrogens with one attached hydrogen (secondary N) is 2. The van der Waals surface area contributed by atoms with E-state index in [2.05, 4.69) is 56.9 Å². The number of hydrogen-bond acceptors (Lipinski definition) is 6. The number of nitrogens with zero attached hydrogens (tertiary/aromatic N) is 2. The summed E-state index contributed by atoms with van der Waals surface area (Å²) >= 11 is 3.51. The molecule has 0 aromatic carbocycles. The number of alkyl halides is 1. The molecule has 1 aliphatic rings. The van der Waals surface area contributed by atoms with Crippen molar-refractivity contribution < 1.29 is 8.42 Å². The lowest BCUT2D eigenvalue weighted by Crippen LogP contribution is -2.42. The van der Waals surface area contributed by atoms with Crippen LogP contribution >= 0.6 is 15.9 Å². The third-order valence-corrected chi connectivity index (χ3v) is 5.80. The number of nitrogens with two attached hydrogens (primary N) is 1. The van der Waals surface area contributed by atoms with Crippen LogP contribution in [0.3, 0.4) is 0 Å². The molecular weight excluding hydrogens is 430 g/mol. The summed E-state index contributed by atoms with van der Waals surface area (Å²) in [6, 6.07) is 4.77. The molecule has 4 N–H and O–H groups in total. The third-order valence-electron chi connectivity index (χ3n) is 4.76. The van der Waals surface area contributed by atoms with E-state index < -0.39 is 10.0 Å². The van der Waals surface area contributed by atoms with Gasteiger partial charge in [-0.1, -0.05) is 28.6 Å². The van der Waals surface area contributed by atoms with Gasteiger partial charge in [-0.15, -0.1) is 0 Å². The van der Waals surface area contributed by atoms with Crippen molar-refractivity contribution in [1.82, 2.24) is 15.2 Å². The summed E-state index contributed by atoms with van der Waals surface area (Å²) < 4.78 is 22.7. The second kappa shape index (κ2) is 8.79. The zero-order chi connectivity index (χ0) is 20.2. The Morgan fingerprint density at radius 3 is 2.85 bits per heavy atom. The number of likely N-dealkylation sites (tertiary alicyclic amines) is 1. The smallest absolute Gasteiger partial charge is 0.255 e. The molecule has 0 aliphatic carbocycles. The van der Waals surface area contributed by atoms with E-state index in [4.69, 9.17) is 5.14 Å². The largest absolute Gasteiger partial charge is 0.370 e. The minimum atomic E-state index is -3.78. The maximum absolute atomic E-state index is 11.4. The predicted octanol–water partition coefficient (Wildman–Crippen LogP) is 2.82. The number of hydrogen-bond donors (Lipinski definition) is 3. The molecule has 0 radical (unpaired) electrons.